The van der Waals surface area contributed by atoms with E-state index in [9.17, 15) is 14.0 Å². The quantitative estimate of drug-likeness (QED) is 0.654. The molecule has 0 bridgehead atoms. The van der Waals surface area contributed by atoms with Gasteiger partial charge in [0.25, 0.3) is 5.91 Å². The molecule has 7 heteroatoms. The van der Waals surface area contributed by atoms with Crippen LogP contribution in [0.1, 0.15) is 33.3 Å². The van der Waals surface area contributed by atoms with Crippen LogP contribution in [-0.2, 0) is 6.54 Å². The monoisotopic (exact) mass is 364 g/mol. The molecule has 6 nitrogen and oxygen atoms in total. The summed E-state index contributed by atoms with van der Waals surface area (Å²) in [6.07, 6.45) is 0. The average Bonchev–Trinajstić information content (AvgIpc) is 2.68. The van der Waals surface area contributed by atoms with E-state index < -0.39 is 0 Å². The summed E-state index contributed by atoms with van der Waals surface area (Å²) in [5.41, 5.74) is 2.34. The minimum absolute atomic E-state index is 0.00246. The molecule has 0 aliphatic carbocycles. The summed E-state index contributed by atoms with van der Waals surface area (Å²) in [6, 6.07) is 16.0. The molecule has 0 spiro atoms. The van der Waals surface area contributed by atoms with Crippen LogP contribution in [0.15, 0.2) is 60.7 Å². The Labute approximate surface area is 155 Å². The molecule has 0 aliphatic heterocycles. The highest BCUT2D eigenvalue weighted by atomic mass is 19.1. The number of hydrogen-bond acceptors (Lipinski definition) is 5. The smallest absolute Gasteiger partial charge is 0.272 e. The summed E-state index contributed by atoms with van der Waals surface area (Å²) in [4.78, 5) is 23.4. The first-order valence-electron chi connectivity index (χ1n) is 8.25. The third-order valence-corrected chi connectivity index (χ3v) is 3.83. The van der Waals surface area contributed by atoms with Gasteiger partial charge in [0.05, 0.1) is 0 Å². The van der Waals surface area contributed by atoms with E-state index in [1.165, 1.54) is 19.1 Å². The van der Waals surface area contributed by atoms with Crippen molar-refractivity contribution < 1.29 is 14.0 Å². The fourth-order valence-corrected chi connectivity index (χ4v) is 2.33. The fraction of sp³-hybridized carbons (Fsp3) is 0.100. The second-order valence-corrected chi connectivity index (χ2v) is 5.87. The Bertz CT molecular complexity index is 939. The van der Waals surface area contributed by atoms with Gasteiger partial charge in [-0.15, -0.1) is 10.2 Å². The number of halogens is 1. The van der Waals surface area contributed by atoms with Crippen molar-refractivity contribution in [3.05, 3.63) is 83.3 Å². The van der Waals surface area contributed by atoms with Crippen LogP contribution < -0.4 is 10.6 Å². The second kappa shape index (κ2) is 8.18. The predicted molar refractivity (Wildman–Crippen MR) is 99.3 cm³/mol. The van der Waals surface area contributed by atoms with Crippen molar-refractivity contribution in [3.63, 3.8) is 0 Å². The van der Waals surface area contributed by atoms with E-state index >= 15 is 0 Å². The molecule has 1 amide bonds. The number of nitrogens with zero attached hydrogens (tertiary/aromatic N) is 2. The molecule has 1 heterocycles. The fourth-order valence-electron chi connectivity index (χ4n) is 2.33. The van der Waals surface area contributed by atoms with Crippen molar-refractivity contribution in [1.82, 2.24) is 15.5 Å². The van der Waals surface area contributed by atoms with Gasteiger partial charge >= 0.3 is 0 Å². The largest absolute Gasteiger partial charge is 0.347 e. The van der Waals surface area contributed by atoms with Gasteiger partial charge in [0.15, 0.2) is 17.3 Å². The lowest BCUT2D eigenvalue weighted by Gasteiger charge is -2.07. The van der Waals surface area contributed by atoms with Gasteiger partial charge < -0.3 is 10.6 Å². The van der Waals surface area contributed by atoms with Crippen LogP contribution in [0.4, 0.5) is 15.9 Å². The topological polar surface area (TPSA) is 84.0 Å². The van der Waals surface area contributed by atoms with Crippen LogP contribution in [0.5, 0.6) is 0 Å². The average molecular weight is 364 g/mol. The van der Waals surface area contributed by atoms with E-state index in [1.54, 1.807) is 48.5 Å². The van der Waals surface area contributed by atoms with Crippen molar-refractivity contribution in [2.24, 2.45) is 0 Å². The third kappa shape index (κ3) is 4.94. The molecule has 1 aromatic heterocycles. The molecule has 0 saturated carbocycles. The molecule has 0 atom stereocenters. The number of carbonyl (C=O) groups excluding carboxylic acids is 2. The maximum Gasteiger partial charge on any atom is 0.272 e. The Morgan fingerprint density at radius 1 is 0.926 bits per heavy atom. The predicted octanol–water partition coefficient (Wildman–Crippen LogP) is 3.49. The Morgan fingerprint density at radius 2 is 1.63 bits per heavy atom. The highest BCUT2D eigenvalue weighted by Gasteiger charge is 2.08. The number of amides is 1. The Hall–Kier alpha value is -3.61. The summed E-state index contributed by atoms with van der Waals surface area (Å²) in [6.45, 7) is 1.77. The molecule has 2 N–H and O–H groups in total. The molecule has 0 fully saturated rings. The summed E-state index contributed by atoms with van der Waals surface area (Å²) in [5, 5.41) is 13.6. The molecule has 2 aromatic carbocycles. The van der Waals surface area contributed by atoms with Crippen LogP contribution in [0.25, 0.3) is 0 Å². The lowest BCUT2D eigenvalue weighted by atomic mass is 10.1. The number of nitrogens with one attached hydrogen (secondary N) is 2. The zero-order valence-corrected chi connectivity index (χ0v) is 14.6. The molecule has 136 valence electrons. The number of anilines is 2. The van der Waals surface area contributed by atoms with E-state index in [4.69, 9.17) is 0 Å². The zero-order valence-electron chi connectivity index (χ0n) is 14.6. The van der Waals surface area contributed by atoms with Gasteiger partial charge in [-0.25, -0.2) is 4.39 Å². The summed E-state index contributed by atoms with van der Waals surface area (Å²) >= 11 is 0. The molecule has 27 heavy (non-hydrogen) atoms. The number of aromatic nitrogens is 2. The molecule has 0 radical (unpaired) electrons. The van der Waals surface area contributed by atoms with Gasteiger partial charge in [0.2, 0.25) is 0 Å². The van der Waals surface area contributed by atoms with E-state index in [0.29, 0.717) is 11.4 Å². The third-order valence-electron chi connectivity index (χ3n) is 3.83. The van der Waals surface area contributed by atoms with Crippen LogP contribution in [-0.4, -0.2) is 21.9 Å². The molecule has 3 aromatic rings. The summed E-state index contributed by atoms with van der Waals surface area (Å²) < 4.78 is 12.9. The van der Waals surface area contributed by atoms with Crippen LogP contribution >= 0.6 is 0 Å². The van der Waals surface area contributed by atoms with E-state index in [0.717, 1.165) is 11.3 Å². The van der Waals surface area contributed by atoms with Crippen LogP contribution in [0, 0.1) is 5.82 Å². The molecule has 0 aliphatic rings. The van der Waals surface area contributed by atoms with Crippen molar-refractivity contribution in [2.75, 3.05) is 5.32 Å². The minimum atomic E-state index is -0.371. The number of benzene rings is 2. The van der Waals surface area contributed by atoms with Gasteiger partial charge in [-0.2, -0.15) is 0 Å². The molecule has 0 unspecified atom stereocenters. The minimum Gasteiger partial charge on any atom is -0.347 e. The molecular weight excluding hydrogens is 347 g/mol. The lowest BCUT2D eigenvalue weighted by molar-refractivity contribution is 0.0944. The molecule has 3 rings (SSSR count). The van der Waals surface area contributed by atoms with Gasteiger partial charge in [0.1, 0.15) is 5.82 Å². The standard InChI is InChI=1S/C20H17FN4O2/c1-13(26)15-4-8-17(9-5-15)23-19-11-10-18(24-25-19)20(27)22-12-14-2-6-16(21)7-3-14/h2-11H,12H2,1H3,(H,22,27)(H,23,25). The van der Waals surface area contributed by atoms with Crippen LogP contribution in [0.2, 0.25) is 0 Å². The number of carbonyl (C=O) groups is 2. The normalized spacial score (nSPS) is 10.3. The zero-order chi connectivity index (χ0) is 19.2. The highest BCUT2D eigenvalue weighted by molar-refractivity contribution is 5.94. The summed E-state index contributed by atoms with van der Waals surface area (Å²) in [5.74, 6) is -0.225. The van der Waals surface area contributed by atoms with Crippen molar-refractivity contribution in [1.29, 1.82) is 0 Å². The Balaban J connectivity index is 1.58. The van der Waals surface area contributed by atoms with E-state index in [2.05, 4.69) is 20.8 Å². The number of ketones is 1. The first kappa shape index (κ1) is 18.2. The Morgan fingerprint density at radius 3 is 2.22 bits per heavy atom. The van der Waals surface area contributed by atoms with Crippen LogP contribution in [0.3, 0.4) is 0 Å². The molecule has 0 saturated heterocycles. The highest BCUT2D eigenvalue weighted by Crippen LogP contribution is 2.15. The van der Waals surface area contributed by atoms with Crippen molar-refractivity contribution in [2.45, 2.75) is 13.5 Å². The van der Waals surface area contributed by atoms with Crippen molar-refractivity contribution >= 4 is 23.2 Å². The first-order valence-corrected chi connectivity index (χ1v) is 8.25. The van der Waals surface area contributed by atoms with Gasteiger partial charge in [-0.3, -0.25) is 9.59 Å². The van der Waals surface area contributed by atoms with Gasteiger partial charge in [-0.05, 0) is 61.0 Å². The molecular formula is C20H17FN4O2. The van der Waals surface area contributed by atoms with Gasteiger partial charge in [-0.1, -0.05) is 12.1 Å². The lowest BCUT2D eigenvalue weighted by Crippen LogP contribution is -2.24. The maximum atomic E-state index is 12.9. The Kier molecular flexibility index (Phi) is 5.51. The SMILES string of the molecule is CC(=O)c1ccc(Nc2ccc(C(=O)NCc3ccc(F)cc3)nn2)cc1. The second-order valence-electron chi connectivity index (χ2n) is 5.87. The van der Waals surface area contributed by atoms with E-state index in [1.807, 2.05) is 0 Å². The van der Waals surface area contributed by atoms with Crippen molar-refractivity contribution in [3.8, 4) is 0 Å². The number of rotatable bonds is 6. The van der Waals surface area contributed by atoms with Gasteiger partial charge in [0, 0.05) is 17.8 Å². The van der Waals surface area contributed by atoms with E-state index in [-0.39, 0.29) is 29.7 Å². The summed E-state index contributed by atoms with van der Waals surface area (Å²) in [7, 11) is 0. The number of hydrogen-bond donors (Lipinski definition) is 2. The maximum absolute atomic E-state index is 12.9. The first-order chi connectivity index (χ1) is 13.0. The number of Topliss-reactive ketones (excluding diaryl/α,β-unsaturated/α-hetero) is 1.